The second-order valence-corrected chi connectivity index (χ2v) is 10.8. The number of carbonyl (C=O) groups is 2. The quantitative estimate of drug-likeness (QED) is 0.700. The zero-order chi connectivity index (χ0) is 18.6. The fourth-order valence-electron chi connectivity index (χ4n) is 7.88. The molecule has 3 unspecified atom stereocenters. The van der Waals surface area contributed by atoms with Crippen LogP contribution in [0.4, 0.5) is 0 Å². The predicted molar refractivity (Wildman–Crippen MR) is 93.9 cm³/mol. The number of nitrogens with two attached hydrogens (primary N) is 1. The van der Waals surface area contributed by atoms with Gasteiger partial charge in [-0.05, 0) is 67.1 Å². The summed E-state index contributed by atoms with van der Waals surface area (Å²) < 4.78 is 0. The summed E-state index contributed by atoms with van der Waals surface area (Å²) in [5.74, 6) is 0.110. The summed E-state index contributed by atoms with van der Waals surface area (Å²) in [7, 11) is 0. The molecule has 4 N–H and O–H groups in total. The van der Waals surface area contributed by atoms with Gasteiger partial charge in [-0.1, -0.05) is 13.8 Å². The van der Waals surface area contributed by atoms with E-state index in [1.165, 1.54) is 0 Å². The molecule has 0 aromatic rings. The van der Waals surface area contributed by atoms with Gasteiger partial charge in [0.15, 0.2) is 0 Å². The maximum atomic E-state index is 13.3. The Balaban J connectivity index is 1.40. The molecule has 0 spiro atoms. The van der Waals surface area contributed by atoms with Gasteiger partial charge in [-0.15, -0.1) is 0 Å². The number of hydrogen-bond donors (Lipinski definition) is 3. The molecule has 0 aromatic carbocycles. The Morgan fingerprint density at radius 1 is 1.15 bits per heavy atom. The second kappa shape index (κ2) is 4.82. The van der Waals surface area contributed by atoms with Crippen molar-refractivity contribution < 1.29 is 19.8 Å². The number of rotatable bonds is 3. The summed E-state index contributed by atoms with van der Waals surface area (Å²) in [6, 6.07) is -1.44. The van der Waals surface area contributed by atoms with E-state index in [1.54, 1.807) is 4.90 Å². The van der Waals surface area contributed by atoms with Gasteiger partial charge in [0.25, 0.3) is 0 Å². The summed E-state index contributed by atoms with van der Waals surface area (Å²) in [5.41, 5.74) is 5.54. The van der Waals surface area contributed by atoms with Crippen LogP contribution in [-0.2, 0) is 9.59 Å². The maximum Gasteiger partial charge on any atom is 0.326 e. The van der Waals surface area contributed by atoms with Crippen molar-refractivity contribution in [2.45, 2.75) is 70.1 Å². The van der Waals surface area contributed by atoms with E-state index >= 15 is 0 Å². The fraction of sp³-hybridized carbons (Fsp3) is 0.900. The molecule has 6 rings (SSSR count). The Morgan fingerprint density at radius 3 is 2.31 bits per heavy atom. The molecule has 6 nitrogen and oxygen atoms in total. The number of carbonyl (C=O) groups excluding carboxylic acids is 1. The summed E-state index contributed by atoms with van der Waals surface area (Å²) >= 11 is 0. The van der Waals surface area contributed by atoms with Gasteiger partial charge >= 0.3 is 5.97 Å². The lowest BCUT2D eigenvalue weighted by atomic mass is 9.46. The summed E-state index contributed by atoms with van der Waals surface area (Å²) in [5, 5.41) is 20.7. The Labute approximate surface area is 154 Å². The van der Waals surface area contributed by atoms with E-state index < -0.39 is 23.7 Å². The highest BCUT2D eigenvalue weighted by atomic mass is 16.4. The van der Waals surface area contributed by atoms with Crippen LogP contribution in [0.3, 0.4) is 0 Å². The lowest BCUT2D eigenvalue weighted by Gasteiger charge is -2.61. The van der Waals surface area contributed by atoms with Crippen LogP contribution in [0.5, 0.6) is 0 Å². The first-order chi connectivity index (χ1) is 12.1. The van der Waals surface area contributed by atoms with Gasteiger partial charge in [0, 0.05) is 12.5 Å². The molecule has 6 heteroatoms. The Bertz CT molecular complexity index is 675. The molecule has 144 valence electrons. The van der Waals surface area contributed by atoms with E-state index in [9.17, 15) is 19.8 Å². The lowest BCUT2D eigenvalue weighted by molar-refractivity contribution is -0.179. The number of amides is 1. The largest absolute Gasteiger partial charge is 0.480 e. The number of piperidine rings is 1. The van der Waals surface area contributed by atoms with Crippen LogP contribution < -0.4 is 5.73 Å². The zero-order valence-electron chi connectivity index (χ0n) is 15.6. The van der Waals surface area contributed by atoms with E-state index in [1.807, 2.05) is 0 Å². The minimum Gasteiger partial charge on any atom is -0.480 e. The highest BCUT2D eigenvalue weighted by molar-refractivity contribution is 5.89. The highest BCUT2D eigenvalue weighted by Crippen LogP contribution is 2.66. The van der Waals surface area contributed by atoms with Crippen molar-refractivity contribution in [3.63, 3.8) is 0 Å². The van der Waals surface area contributed by atoms with Crippen LogP contribution in [0.15, 0.2) is 0 Å². The van der Waals surface area contributed by atoms with Crippen LogP contribution in [0.1, 0.15) is 52.4 Å². The second-order valence-electron chi connectivity index (χ2n) is 10.8. The van der Waals surface area contributed by atoms with E-state index in [0.29, 0.717) is 24.8 Å². The van der Waals surface area contributed by atoms with Gasteiger partial charge < -0.3 is 20.8 Å². The van der Waals surface area contributed by atoms with Crippen molar-refractivity contribution in [3.8, 4) is 0 Å². The number of nitrogens with zero attached hydrogens (tertiary/aromatic N) is 1. The molecule has 0 radical (unpaired) electrons. The highest BCUT2D eigenvalue weighted by Gasteiger charge is 2.70. The smallest absolute Gasteiger partial charge is 0.326 e. The molecule has 4 bridgehead atoms. The molecule has 5 saturated carbocycles. The summed E-state index contributed by atoms with van der Waals surface area (Å²) in [4.78, 5) is 26.8. The molecular weight excluding hydrogens is 332 g/mol. The van der Waals surface area contributed by atoms with Crippen molar-refractivity contribution in [1.29, 1.82) is 0 Å². The molecule has 1 aliphatic heterocycles. The molecule has 26 heavy (non-hydrogen) atoms. The first-order valence-electron chi connectivity index (χ1n) is 10.1. The number of likely N-dealkylation sites (tertiary alicyclic amines) is 1. The number of fused-ring (bicyclic) bond motifs is 1. The van der Waals surface area contributed by atoms with Crippen molar-refractivity contribution >= 4 is 11.9 Å². The van der Waals surface area contributed by atoms with Crippen molar-refractivity contribution in [1.82, 2.24) is 4.90 Å². The van der Waals surface area contributed by atoms with Gasteiger partial charge in [-0.2, -0.15) is 0 Å². The number of hydrogen-bond acceptors (Lipinski definition) is 4. The van der Waals surface area contributed by atoms with Crippen LogP contribution in [0, 0.1) is 34.5 Å². The average Bonchev–Trinajstić information content (AvgIpc) is 2.90. The van der Waals surface area contributed by atoms with Crippen LogP contribution >= 0.6 is 0 Å². The Morgan fingerprint density at radius 2 is 1.77 bits per heavy atom. The minimum atomic E-state index is -0.909. The van der Waals surface area contributed by atoms with E-state index in [4.69, 9.17) is 5.73 Å². The molecule has 6 fully saturated rings. The van der Waals surface area contributed by atoms with Gasteiger partial charge in [-0.25, -0.2) is 4.79 Å². The van der Waals surface area contributed by atoms with Gasteiger partial charge in [0.2, 0.25) is 5.91 Å². The molecule has 0 aromatic heterocycles. The lowest BCUT2D eigenvalue weighted by Crippen LogP contribution is -2.65. The minimum absolute atomic E-state index is 0.000223. The zero-order valence-corrected chi connectivity index (χ0v) is 15.6. The normalized spacial score (nSPS) is 51.2. The van der Waals surface area contributed by atoms with E-state index in [0.717, 1.165) is 32.1 Å². The van der Waals surface area contributed by atoms with Gasteiger partial charge in [0.1, 0.15) is 6.04 Å². The average molecular weight is 362 g/mol. The monoisotopic (exact) mass is 362 g/mol. The number of carboxylic acids is 1. The molecule has 5 aliphatic carbocycles. The summed E-state index contributed by atoms with van der Waals surface area (Å²) in [6.07, 6.45) is 5.23. The maximum absolute atomic E-state index is 13.3. The van der Waals surface area contributed by atoms with Crippen molar-refractivity contribution in [2.24, 2.45) is 40.2 Å². The summed E-state index contributed by atoms with van der Waals surface area (Å²) in [6.45, 7) is 4.69. The third-order valence-corrected chi connectivity index (χ3v) is 8.75. The molecule has 8 atom stereocenters. The Kier molecular flexibility index (Phi) is 3.15. The van der Waals surface area contributed by atoms with Crippen LogP contribution in [0.25, 0.3) is 0 Å². The van der Waals surface area contributed by atoms with Crippen LogP contribution in [0.2, 0.25) is 0 Å². The molecule has 1 heterocycles. The molecule has 1 saturated heterocycles. The van der Waals surface area contributed by atoms with Crippen molar-refractivity contribution in [3.05, 3.63) is 0 Å². The van der Waals surface area contributed by atoms with Crippen LogP contribution in [-0.4, -0.2) is 51.2 Å². The number of aliphatic hydroxyl groups is 1. The third kappa shape index (κ3) is 2.06. The van der Waals surface area contributed by atoms with Gasteiger partial charge in [0.05, 0.1) is 11.6 Å². The topological polar surface area (TPSA) is 104 Å². The molecular formula is C20H30N2O4. The van der Waals surface area contributed by atoms with Gasteiger partial charge in [-0.3, -0.25) is 4.79 Å². The first-order valence-corrected chi connectivity index (χ1v) is 10.1. The first kappa shape index (κ1) is 17.0. The fourth-order valence-corrected chi connectivity index (χ4v) is 7.88. The molecule has 1 amide bonds. The SMILES string of the molecule is CC1(C)[C@@H]2[C@@H](C(=O)O)N(C(=O)C(N)C34C[C@@H]5C[C@@H](CC(O)(C5)C3)C4)C[C@@H]21. The molecule has 6 aliphatic rings. The van der Waals surface area contributed by atoms with E-state index in [-0.39, 0.29) is 28.6 Å². The standard InChI is InChI=1S/C20H30N2O4/c1-18(2)12-8-22(14(13(12)18)17(24)25)16(23)15(21)19-4-10-3-11(5-19)7-20(26,6-10)9-19/h10-15,26H,3-9,21H2,1-2H3,(H,24,25)/t10-,11+,12-,13-,14-,15?,19?,20?/m0/s1. The number of carboxylic acid groups (broad SMARTS) is 1. The third-order valence-electron chi connectivity index (χ3n) is 8.75. The predicted octanol–water partition coefficient (Wildman–Crippen LogP) is 1.21. The number of aliphatic carboxylic acids is 1. The van der Waals surface area contributed by atoms with E-state index in [2.05, 4.69) is 13.8 Å². The Hall–Kier alpha value is -1.14. The van der Waals surface area contributed by atoms with Crippen molar-refractivity contribution in [2.75, 3.05) is 6.54 Å².